The Morgan fingerprint density at radius 2 is 1.75 bits per heavy atom. The van der Waals surface area contributed by atoms with E-state index in [0.29, 0.717) is 0 Å². The molecule has 1 aliphatic heterocycles. The van der Waals surface area contributed by atoms with Gasteiger partial charge in [0, 0.05) is 0 Å². The maximum absolute atomic E-state index is 2.32. The largest absolute Gasteiger partial charge is 0.130 e. The molecule has 0 saturated carbocycles. The van der Waals surface area contributed by atoms with E-state index >= 15 is 0 Å². The molecule has 0 radical (unpaired) electrons. The molecule has 1 heterocycles. The van der Waals surface area contributed by atoms with Crippen LogP contribution < -0.4 is 0 Å². The molecular formula is C11H20S. The first-order valence-electron chi connectivity index (χ1n) is 4.98. The molecule has 0 fully saturated rings. The van der Waals surface area contributed by atoms with Gasteiger partial charge in [-0.2, -0.15) is 0 Å². The van der Waals surface area contributed by atoms with Crippen molar-refractivity contribution < 1.29 is 0 Å². The van der Waals surface area contributed by atoms with Gasteiger partial charge in [-0.1, -0.05) is 33.3 Å². The lowest BCUT2D eigenvalue weighted by atomic mass is 9.94. The first kappa shape index (κ1) is 10.2. The van der Waals surface area contributed by atoms with E-state index in [0.717, 1.165) is 11.8 Å². The third kappa shape index (κ3) is 2.29. The second kappa shape index (κ2) is 4.36. The molecule has 0 atom stereocenters. The Morgan fingerprint density at radius 1 is 1.08 bits per heavy atom. The minimum atomic E-state index is 0.743. The van der Waals surface area contributed by atoms with E-state index in [2.05, 4.69) is 39.5 Å². The summed E-state index contributed by atoms with van der Waals surface area (Å²) in [5, 5.41) is 0. The van der Waals surface area contributed by atoms with Gasteiger partial charge in [0.1, 0.15) is 0 Å². The second-order valence-corrected chi connectivity index (χ2v) is 5.29. The summed E-state index contributed by atoms with van der Waals surface area (Å²) in [6, 6.07) is 0. The van der Waals surface area contributed by atoms with Gasteiger partial charge in [-0.05, 0) is 35.3 Å². The van der Waals surface area contributed by atoms with E-state index in [-0.39, 0.29) is 0 Å². The zero-order valence-corrected chi connectivity index (χ0v) is 9.50. The molecule has 0 aromatic rings. The molecule has 1 heteroatoms. The normalized spacial score (nSPS) is 19.5. The smallest absolute Gasteiger partial charge is 0.00201 e. The van der Waals surface area contributed by atoms with E-state index in [1.54, 1.807) is 10.5 Å². The molecule has 0 N–H and O–H groups in total. The summed E-state index contributed by atoms with van der Waals surface area (Å²) in [6.07, 6.45) is 2.73. The molecular weight excluding hydrogens is 164 g/mol. The SMILES string of the molecule is CC(C)C1=C(C(C)C)SCCC1. The molecule has 0 saturated heterocycles. The van der Waals surface area contributed by atoms with Crippen LogP contribution >= 0.6 is 11.8 Å². The molecule has 0 nitrogen and oxygen atoms in total. The van der Waals surface area contributed by atoms with Crippen molar-refractivity contribution in [1.29, 1.82) is 0 Å². The van der Waals surface area contributed by atoms with Crippen molar-refractivity contribution in [2.45, 2.75) is 40.5 Å². The average molecular weight is 184 g/mol. The van der Waals surface area contributed by atoms with Gasteiger partial charge in [-0.3, -0.25) is 0 Å². The number of allylic oxidation sites excluding steroid dienone is 2. The van der Waals surface area contributed by atoms with Crippen molar-refractivity contribution in [3.8, 4) is 0 Å². The van der Waals surface area contributed by atoms with Crippen LogP contribution in [-0.4, -0.2) is 5.75 Å². The highest BCUT2D eigenvalue weighted by Crippen LogP contribution is 2.37. The molecule has 0 spiro atoms. The Kier molecular flexibility index (Phi) is 3.70. The summed E-state index contributed by atoms with van der Waals surface area (Å²) >= 11 is 2.09. The van der Waals surface area contributed by atoms with Crippen LogP contribution in [-0.2, 0) is 0 Å². The molecule has 70 valence electrons. The van der Waals surface area contributed by atoms with Crippen LogP contribution in [0.3, 0.4) is 0 Å². The second-order valence-electron chi connectivity index (χ2n) is 4.15. The number of thioether (sulfide) groups is 1. The van der Waals surface area contributed by atoms with Crippen molar-refractivity contribution in [3.05, 3.63) is 10.5 Å². The van der Waals surface area contributed by atoms with Gasteiger partial charge in [-0.15, -0.1) is 11.8 Å². The molecule has 0 aromatic heterocycles. The Hall–Kier alpha value is 0.0900. The first-order chi connectivity index (χ1) is 5.63. The van der Waals surface area contributed by atoms with Gasteiger partial charge >= 0.3 is 0 Å². The molecule has 0 unspecified atom stereocenters. The topological polar surface area (TPSA) is 0 Å². The van der Waals surface area contributed by atoms with Crippen LogP contribution in [0.25, 0.3) is 0 Å². The summed E-state index contributed by atoms with van der Waals surface area (Å²) in [5.74, 6) is 2.84. The quantitative estimate of drug-likeness (QED) is 0.623. The van der Waals surface area contributed by atoms with Crippen molar-refractivity contribution in [2.24, 2.45) is 11.8 Å². The molecule has 1 aliphatic rings. The monoisotopic (exact) mass is 184 g/mol. The highest BCUT2D eigenvalue weighted by Gasteiger charge is 2.17. The van der Waals surface area contributed by atoms with Gasteiger partial charge in [0.15, 0.2) is 0 Å². The zero-order chi connectivity index (χ0) is 9.14. The fourth-order valence-corrected chi connectivity index (χ4v) is 3.14. The predicted octanol–water partition coefficient (Wildman–Crippen LogP) is 4.08. The Morgan fingerprint density at radius 3 is 2.17 bits per heavy atom. The van der Waals surface area contributed by atoms with Crippen LogP contribution in [0.2, 0.25) is 0 Å². The third-order valence-corrected chi connectivity index (χ3v) is 3.92. The lowest BCUT2D eigenvalue weighted by Crippen LogP contribution is -2.08. The Labute approximate surface area is 80.8 Å². The lowest BCUT2D eigenvalue weighted by molar-refractivity contribution is 0.663. The maximum atomic E-state index is 2.32. The zero-order valence-electron chi connectivity index (χ0n) is 8.68. The average Bonchev–Trinajstić information content (AvgIpc) is 2.04. The van der Waals surface area contributed by atoms with E-state index in [9.17, 15) is 0 Å². The van der Waals surface area contributed by atoms with E-state index in [4.69, 9.17) is 0 Å². The molecule has 0 aromatic carbocycles. The lowest BCUT2D eigenvalue weighted by Gasteiger charge is -2.25. The molecule has 0 aliphatic carbocycles. The number of hydrogen-bond donors (Lipinski definition) is 0. The summed E-state index contributed by atoms with van der Waals surface area (Å²) in [5.41, 5.74) is 1.72. The minimum absolute atomic E-state index is 0.743. The van der Waals surface area contributed by atoms with E-state index in [1.165, 1.54) is 18.6 Å². The fraction of sp³-hybridized carbons (Fsp3) is 0.818. The highest BCUT2D eigenvalue weighted by molar-refractivity contribution is 8.03. The molecule has 1 rings (SSSR count). The van der Waals surface area contributed by atoms with E-state index in [1.807, 2.05) is 0 Å². The molecule has 0 amide bonds. The van der Waals surface area contributed by atoms with Crippen molar-refractivity contribution >= 4 is 11.8 Å². The number of hydrogen-bond acceptors (Lipinski definition) is 1. The molecule has 12 heavy (non-hydrogen) atoms. The van der Waals surface area contributed by atoms with Crippen molar-refractivity contribution in [2.75, 3.05) is 5.75 Å². The first-order valence-corrected chi connectivity index (χ1v) is 5.97. The van der Waals surface area contributed by atoms with Gasteiger partial charge in [0.2, 0.25) is 0 Å². The van der Waals surface area contributed by atoms with Crippen molar-refractivity contribution in [3.63, 3.8) is 0 Å². The number of rotatable bonds is 2. The summed E-state index contributed by atoms with van der Waals surface area (Å²) in [4.78, 5) is 1.68. The van der Waals surface area contributed by atoms with Crippen LogP contribution in [0, 0.1) is 11.8 Å². The molecule has 0 bridgehead atoms. The minimum Gasteiger partial charge on any atom is -0.130 e. The van der Waals surface area contributed by atoms with Crippen molar-refractivity contribution in [1.82, 2.24) is 0 Å². The fourth-order valence-electron chi connectivity index (χ4n) is 1.77. The highest BCUT2D eigenvalue weighted by atomic mass is 32.2. The standard InChI is InChI=1S/C11H20S/c1-8(2)10-6-5-7-12-11(10)9(3)4/h8-9H,5-7H2,1-4H3. The third-order valence-electron chi connectivity index (χ3n) is 2.39. The summed E-state index contributed by atoms with van der Waals surface area (Å²) in [6.45, 7) is 9.28. The van der Waals surface area contributed by atoms with E-state index < -0.39 is 0 Å². The Bertz CT molecular complexity index is 157. The van der Waals surface area contributed by atoms with Gasteiger partial charge in [-0.25, -0.2) is 0 Å². The maximum Gasteiger partial charge on any atom is -0.00201 e. The predicted molar refractivity (Wildman–Crippen MR) is 58.4 cm³/mol. The van der Waals surface area contributed by atoms with Gasteiger partial charge < -0.3 is 0 Å². The summed E-state index contributed by atoms with van der Waals surface area (Å²) < 4.78 is 0. The summed E-state index contributed by atoms with van der Waals surface area (Å²) in [7, 11) is 0. The van der Waals surface area contributed by atoms with Crippen LogP contribution in [0.5, 0.6) is 0 Å². The van der Waals surface area contributed by atoms with Crippen LogP contribution in [0.4, 0.5) is 0 Å². The van der Waals surface area contributed by atoms with Gasteiger partial charge in [0.25, 0.3) is 0 Å². The van der Waals surface area contributed by atoms with Crippen LogP contribution in [0.15, 0.2) is 10.5 Å². The Balaban J connectivity index is 2.83. The van der Waals surface area contributed by atoms with Gasteiger partial charge in [0.05, 0.1) is 0 Å². The van der Waals surface area contributed by atoms with Crippen LogP contribution in [0.1, 0.15) is 40.5 Å².